The van der Waals surface area contributed by atoms with Crippen molar-refractivity contribution in [2.24, 2.45) is 5.92 Å². The Balaban J connectivity index is -0.000000131. The van der Waals surface area contributed by atoms with Gasteiger partial charge in [-0.3, -0.25) is 6.08 Å². The van der Waals surface area contributed by atoms with Crippen molar-refractivity contribution in [1.82, 2.24) is 0 Å². The molecule has 0 aliphatic heterocycles. The summed E-state index contributed by atoms with van der Waals surface area (Å²) in [6, 6.07) is 14.7. The van der Waals surface area contributed by atoms with E-state index in [9.17, 15) is 0 Å². The van der Waals surface area contributed by atoms with Crippen molar-refractivity contribution in [3.63, 3.8) is 0 Å². The molecule has 2 radical (unpaired) electrons. The van der Waals surface area contributed by atoms with Crippen molar-refractivity contribution in [2.45, 2.75) is 27.7 Å². The number of hydrogen-bond donors (Lipinski definition) is 0. The van der Waals surface area contributed by atoms with Gasteiger partial charge in [-0.2, -0.15) is 28.7 Å². The monoisotopic (exact) mass is 412 g/mol. The summed E-state index contributed by atoms with van der Waals surface area (Å²) in [5.41, 5.74) is 4.25. The third-order valence-corrected chi connectivity index (χ3v) is 3.78. The molecule has 132 valence electrons. The first-order valence-electron chi connectivity index (χ1n) is 6.73. The van der Waals surface area contributed by atoms with Crippen LogP contribution in [0.15, 0.2) is 59.2 Å². The van der Waals surface area contributed by atoms with Crippen LogP contribution in [0.4, 0.5) is 0 Å². The molecule has 0 saturated heterocycles. The Morgan fingerprint density at radius 1 is 1.00 bits per heavy atom. The molecule has 0 N–H and O–H groups in total. The topological polar surface area (TPSA) is 0 Å². The smallest absolute Gasteiger partial charge is 0.0809 e. The first kappa shape index (κ1) is 31.6. The van der Waals surface area contributed by atoms with Crippen molar-refractivity contribution < 1.29 is 44.0 Å². The van der Waals surface area contributed by atoms with Crippen molar-refractivity contribution in [2.75, 3.05) is 0 Å². The molecular weight excluding hydrogens is 387 g/mol. The molecule has 0 spiro atoms. The summed E-state index contributed by atoms with van der Waals surface area (Å²) in [7, 11) is 2.97. The predicted molar refractivity (Wildman–Crippen MR) is 98.1 cm³/mol. The van der Waals surface area contributed by atoms with Crippen LogP contribution < -0.4 is 24.8 Å². The molecule has 3 rings (SSSR count). The fourth-order valence-corrected chi connectivity index (χ4v) is 2.23. The quantitative estimate of drug-likeness (QED) is 0.415. The zero-order valence-corrected chi connectivity index (χ0v) is 19.4. The third kappa shape index (κ3) is 8.78. The maximum Gasteiger partial charge on any atom is -0.0809 e. The number of rotatable bonds is 0. The van der Waals surface area contributed by atoms with Crippen molar-refractivity contribution in [1.29, 1.82) is 0 Å². The molecule has 1 aliphatic rings. The van der Waals surface area contributed by atoms with E-state index in [1.807, 2.05) is 0 Å². The van der Waals surface area contributed by atoms with Crippen molar-refractivity contribution in [3.05, 3.63) is 80.1 Å². The second-order valence-corrected chi connectivity index (χ2v) is 4.95. The summed E-state index contributed by atoms with van der Waals surface area (Å²) < 4.78 is 0. The van der Waals surface area contributed by atoms with E-state index in [4.69, 9.17) is 0 Å². The Labute approximate surface area is 175 Å². The van der Waals surface area contributed by atoms with Crippen LogP contribution in [-0.4, -0.2) is 7.63 Å². The summed E-state index contributed by atoms with van der Waals surface area (Å²) in [5, 5.41) is 2.66. The Bertz CT molecular complexity index is 599. The van der Waals surface area contributed by atoms with Gasteiger partial charge in [-0.15, -0.1) is 36.6 Å². The van der Waals surface area contributed by atoms with E-state index in [1.54, 1.807) is 19.2 Å². The fourth-order valence-electron chi connectivity index (χ4n) is 2.23. The largest absolute Gasteiger partial charge is 0.168 e. The van der Waals surface area contributed by atoms with E-state index < -0.39 is 0 Å². The number of fused-ring (bicyclic) bond motifs is 1. The van der Waals surface area contributed by atoms with Crippen LogP contribution in [0, 0.1) is 26.8 Å². The SMILES string of the molecule is CC1=[C-]C(C)C(C)=C1C.[CH3-].[CH3-].[Cl-].[Cl-].[Si]=[Ti+2].c1ccc2[cH-]ccc2c1. The van der Waals surface area contributed by atoms with Crippen LogP contribution in [-0.2, 0) is 19.2 Å². The van der Waals surface area contributed by atoms with Crippen molar-refractivity contribution in [3.8, 4) is 0 Å². The summed E-state index contributed by atoms with van der Waals surface area (Å²) in [6.45, 7) is 8.67. The summed E-state index contributed by atoms with van der Waals surface area (Å²) in [6.07, 6.45) is 3.36. The third-order valence-electron chi connectivity index (χ3n) is 3.78. The standard InChI is InChI=1S/C9H7.C9H13.2CH3.2ClH.Si.Ti/c1-2-5-9-7-3-6-8(9)4-1;1-6-5-7(2)9(4)8(6)3;;;;;;/h1-7H;6H,1-4H3;2*1H3;2*1H;;/q4*-1;;;;+2/p-2. The minimum Gasteiger partial charge on any atom is -0.168 e. The Morgan fingerprint density at radius 3 is 1.92 bits per heavy atom. The molecule has 0 saturated carbocycles. The van der Waals surface area contributed by atoms with E-state index in [0.29, 0.717) is 5.92 Å². The summed E-state index contributed by atoms with van der Waals surface area (Å²) >= 11 is 1.81. The van der Waals surface area contributed by atoms with Gasteiger partial charge in [-0.05, 0) is 0 Å². The van der Waals surface area contributed by atoms with Crippen LogP contribution in [0.1, 0.15) is 27.7 Å². The van der Waals surface area contributed by atoms with Crippen LogP contribution in [0.25, 0.3) is 10.8 Å². The van der Waals surface area contributed by atoms with Gasteiger partial charge >= 0.3 is 26.8 Å². The predicted octanol–water partition coefficient (Wildman–Crippen LogP) is -0.194. The van der Waals surface area contributed by atoms with E-state index in [0.717, 1.165) is 0 Å². The molecule has 0 amide bonds. The Hall–Kier alpha value is -0.179. The number of halogens is 2. The van der Waals surface area contributed by atoms with E-state index in [1.165, 1.54) is 27.5 Å². The molecule has 1 aliphatic carbocycles. The molecule has 0 fully saturated rings. The molecule has 0 bridgehead atoms. The van der Waals surface area contributed by atoms with Crippen LogP contribution in [0.2, 0.25) is 0 Å². The second kappa shape index (κ2) is 16.3. The molecule has 0 heterocycles. The van der Waals surface area contributed by atoms with Gasteiger partial charge in [0.05, 0.1) is 0 Å². The maximum atomic E-state index is 3.36. The molecule has 1 atom stereocenters. The van der Waals surface area contributed by atoms with E-state index in [2.05, 4.69) is 83.9 Å². The first-order chi connectivity index (χ1) is 9.59. The maximum absolute atomic E-state index is 3.36. The molecule has 24 heavy (non-hydrogen) atoms. The summed E-state index contributed by atoms with van der Waals surface area (Å²) in [4.78, 5) is 0. The van der Waals surface area contributed by atoms with Gasteiger partial charge in [0.2, 0.25) is 0 Å². The zero-order valence-electron chi connectivity index (χ0n) is 15.4. The van der Waals surface area contributed by atoms with Gasteiger partial charge in [0, 0.05) is 0 Å². The molecule has 0 aromatic heterocycles. The molecular formula is C20H26Cl2SiTi-4. The minimum atomic E-state index is 0. The Morgan fingerprint density at radius 2 is 1.54 bits per heavy atom. The second-order valence-electron chi connectivity index (χ2n) is 4.95. The number of allylic oxidation sites excluding steroid dienone is 4. The Kier molecular flexibility index (Phi) is 21.4. The van der Waals surface area contributed by atoms with Crippen LogP contribution >= 0.6 is 0 Å². The van der Waals surface area contributed by atoms with Crippen LogP contribution in [0.3, 0.4) is 0 Å². The van der Waals surface area contributed by atoms with Gasteiger partial charge in [0.25, 0.3) is 0 Å². The number of benzene rings is 1. The van der Waals surface area contributed by atoms with Crippen molar-refractivity contribution >= 4 is 18.4 Å². The zero-order chi connectivity index (χ0) is 15.1. The van der Waals surface area contributed by atoms with Gasteiger partial charge in [0.1, 0.15) is 0 Å². The number of hydrogen-bond acceptors (Lipinski definition) is 0. The van der Waals surface area contributed by atoms with E-state index >= 15 is 0 Å². The molecule has 4 heteroatoms. The normalized spacial score (nSPS) is 14.2. The van der Waals surface area contributed by atoms with Gasteiger partial charge in [-0.25, -0.2) is 5.57 Å². The first-order valence-corrected chi connectivity index (χ1v) is 9.57. The molecule has 1 unspecified atom stereocenters. The molecule has 2 aromatic rings. The van der Waals surface area contributed by atoms with Crippen LogP contribution in [0.5, 0.6) is 0 Å². The average Bonchev–Trinajstić information content (AvgIpc) is 3.04. The van der Waals surface area contributed by atoms with Gasteiger partial charge in [-0.1, -0.05) is 32.8 Å². The fraction of sp³-hybridized carbons (Fsp3) is 0.250. The van der Waals surface area contributed by atoms with Gasteiger partial charge in [0.15, 0.2) is 0 Å². The average molecular weight is 413 g/mol. The van der Waals surface area contributed by atoms with E-state index in [-0.39, 0.29) is 39.7 Å². The summed E-state index contributed by atoms with van der Waals surface area (Å²) in [5.74, 6) is 0.560. The van der Waals surface area contributed by atoms with Gasteiger partial charge < -0.3 is 39.7 Å². The minimum absolute atomic E-state index is 0. The molecule has 0 nitrogen and oxygen atoms in total. The molecule has 2 aromatic carbocycles.